The van der Waals surface area contributed by atoms with Crippen LogP contribution in [0.15, 0.2) is 16.5 Å². The summed E-state index contributed by atoms with van der Waals surface area (Å²) in [6, 6.07) is 4.18. The van der Waals surface area contributed by atoms with Crippen LogP contribution >= 0.6 is 0 Å². The quantitative estimate of drug-likeness (QED) is 0.891. The van der Waals surface area contributed by atoms with E-state index in [1.807, 2.05) is 26.0 Å². The van der Waals surface area contributed by atoms with Crippen molar-refractivity contribution in [2.24, 2.45) is 0 Å². The molecule has 140 valence electrons. The van der Waals surface area contributed by atoms with Crippen molar-refractivity contribution in [2.75, 3.05) is 20.2 Å². The molecule has 1 amide bonds. The third-order valence-electron chi connectivity index (χ3n) is 5.13. The molecule has 1 saturated heterocycles. The van der Waals surface area contributed by atoms with Gasteiger partial charge in [-0.2, -0.15) is 0 Å². The van der Waals surface area contributed by atoms with Gasteiger partial charge in [0.15, 0.2) is 0 Å². The van der Waals surface area contributed by atoms with Gasteiger partial charge in [-0.1, -0.05) is 0 Å². The molecule has 6 nitrogen and oxygen atoms in total. The van der Waals surface area contributed by atoms with E-state index in [0.717, 1.165) is 59.9 Å². The molecule has 0 radical (unpaired) electrons. The van der Waals surface area contributed by atoms with Crippen molar-refractivity contribution >= 4 is 5.91 Å². The van der Waals surface area contributed by atoms with Crippen molar-refractivity contribution in [2.45, 2.75) is 46.7 Å². The number of aromatic nitrogens is 1. The van der Waals surface area contributed by atoms with Gasteiger partial charge in [0.2, 0.25) is 11.8 Å². The topological polar surface area (TPSA) is 67.6 Å². The number of nitrogens with one attached hydrogen (secondary N) is 1. The van der Waals surface area contributed by atoms with Gasteiger partial charge in [-0.25, -0.2) is 4.98 Å². The highest BCUT2D eigenvalue weighted by atomic mass is 16.5. The Morgan fingerprint density at radius 1 is 1.35 bits per heavy atom. The van der Waals surface area contributed by atoms with Gasteiger partial charge in [0.05, 0.1) is 12.8 Å². The first-order valence-corrected chi connectivity index (χ1v) is 8.99. The van der Waals surface area contributed by atoms with Crippen LogP contribution in [0.4, 0.5) is 0 Å². The molecule has 1 aromatic carbocycles. The predicted octanol–water partition coefficient (Wildman–Crippen LogP) is 2.99. The van der Waals surface area contributed by atoms with Gasteiger partial charge in [-0.15, -0.1) is 0 Å². The van der Waals surface area contributed by atoms with Crippen molar-refractivity contribution in [1.29, 1.82) is 0 Å². The summed E-state index contributed by atoms with van der Waals surface area (Å²) in [6.07, 6.45) is 0.972. The number of rotatable bonds is 5. The monoisotopic (exact) mass is 357 g/mol. The number of methoxy groups -OCH3 is 1. The fourth-order valence-corrected chi connectivity index (χ4v) is 3.53. The molecule has 0 bridgehead atoms. The Morgan fingerprint density at radius 2 is 2.12 bits per heavy atom. The van der Waals surface area contributed by atoms with Crippen molar-refractivity contribution in [3.8, 4) is 17.2 Å². The first kappa shape index (κ1) is 18.5. The van der Waals surface area contributed by atoms with E-state index < -0.39 is 0 Å². The van der Waals surface area contributed by atoms with Crippen LogP contribution in [0.2, 0.25) is 0 Å². The molecule has 2 aromatic rings. The van der Waals surface area contributed by atoms with Gasteiger partial charge in [-0.05, 0) is 50.5 Å². The number of hydrogen-bond acceptors (Lipinski definition) is 5. The lowest BCUT2D eigenvalue weighted by Crippen LogP contribution is -2.35. The zero-order chi connectivity index (χ0) is 18.8. The number of carbonyl (C=O) groups is 1. The van der Waals surface area contributed by atoms with Gasteiger partial charge in [-0.3, -0.25) is 9.69 Å². The number of amides is 1. The summed E-state index contributed by atoms with van der Waals surface area (Å²) >= 11 is 0. The van der Waals surface area contributed by atoms with E-state index in [0.29, 0.717) is 5.89 Å². The van der Waals surface area contributed by atoms with E-state index in [9.17, 15) is 4.79 Å². The Labute approximate surface area is 154 Å². The molecular weight excluding hydrogens is 330 g/mol. The standard InChI is InChI=1S/C20H27N3O3/c1-12-13(2)19(25-5)7-6-17(12)20-22-18(14(3)26-20)11-23-9-8-16(10-23)21-15(4)24/h6-7,16H,8-11H2,1-5H3,(H,21,24)/t16-/m0/s1. The second-order valence-corrected chi connectivity index (χ2v) is 7.01. The van der Waals surface area contributed by atoms with E-state index in [2.05, 4.69) is 17.1 Å². The molecule has 1 aliphatic rings. The minimum Gasteiger partial charge on any atom is -0.496 e. The average molecular weight is 357 g/mol. The Hall–Kier alpha value is -2.34. The Bertz CT molecular complexity index is 813. The normalized spacial score (nSPS) is 17.5. The Morgan fingerprint density at radius 3 is 2.81 bits per heavy atom. The number of carbonyl (C=O) groups excluding carboxylic acids is 1. The van der Waals surface area contributed by atoms with E-state index in [1.54, 1.807) is 14.0 Å². The fraction of sp³-hybridized carbons (Fsp3) is 0.500. The number of aryl methyl sites for hydroxylation is 1. The summed E-state index contributed by atoms with van der Waals surface area (Å²) in [5.41, 5.74) is 4.16. The highest BCUT2D eigenvalue weighted by molar-refractivity contribution is 5.73. The second-order valence-electron chi connectivity index (χ2n) is 7.01. The lowest BCUT2D eigenvalue weighted by atomic mass is 10.0. The molecule has 3 rings (SSSR count). The van der Waals surface area contributed by atoms with E-state index in [4.69, 9.17) is 14.1 Å². The van der Waals surface area contributed by atoms with Crippen molar-refractivity contribution in [1.82, 2.24) is 15.2 Å². The molecule has 1 aliphatic heterocycles. The third kappa shape index (κ3) is 3.75. The second kappa shape index (κ2) is 7.50. The van der Waals surface area contributed by atoms with Crippen LogP contribution in [0.1, 0.15) is 35.9 Å². The van der Waals surface area contributed by atoms with Crippen molar-refractivity contribution < 1.29 is 13.9 Å². The lowest BCUT2D eigenvalue weighted by Gasteiger charge is -2.15. The number of benzene rings is 1. The van der Waals surface area contributed by atoms with E-state index in [1.165, 1.54) is 0 Å². The SMILES string of the molecule is COc1ccc(-c2nc(CN3CC[C@H](NC(C)=O)C3)c(C)o2)c(C)c1C. The number of ether oxygens (including phenoxy) is 1. The highest BCUT2D eigenvalue weighted by Gasteiger charge is 2.25. The molecule has 6 heteroatoms. The Balaban J connectivity index is 1.76. The predicted molar refractivity (Wildman–Crippen MR) is 100 cm³/mol. The summed E-state index contributed by atoms with van der Waals surface area (Å²) in [5.74, 6) is 2.40. The van der Waals surface area contributed by atoms with Crippen molar-refractivity contribution in [3.05, 3.63) is 34.7 Å². The Kier molecular flexibility index (Phi) is 5.32. The van der Waals surface area contributed by atoms with Crippen molar-refractivity contribution in [3.63, 3.8) is 0 Å². The summed E-state index contributed by atoms with van der Waals surface area (Å²) < 4.78 is 11.3. The van der Waals surface area contributed by atoms with E-state index >= 15 is 0 Å². The van der Waals surface area contributed by atoms with Gasteiger partial charge < -0.3 is 14.5 Å². The van der Waals surface area contributed by atoms with Gasteiger partial charge in [0, 0.05) is 38.2 Å². The van der Waals surface area contributed by atoms with Crippen LogP contribution in [0.5, 0.6) is 5.75 Å². The zero-order valence-corrected chi connectivity index (χ0v) is 16.2. The molecule has 0 saturated carbocycles. The maximum absolute atomic E-state index is 11.2. The zero-order valence-electron chi connectivity index (χ0n) is 16.2. The first-order valence-electron chi connectivity index (χ1n) is 8.99. The molecule has 1 aromatic heterocycles. The molecule has 0 unspecified atom stereocenters. The fourth-order valence-electron chi connectivity index (χ4n) is 3.53. The van der Waals surface area contributed by atoms with Crippen LogP contribution in [0.3, 0.4) is 0 Å². The molecule has 0 spiro atoms. The number of hydrogen-bond donors (Lipinski definition) is 1. The summed E-state index contributed by atoms with van der Waals surface area (Å²) in [5, 5.41) is 2.99. The molecule has 26 heavy (non-hydrogen) atoms. The third-order valence-corrected chi connectivity index (χ3v) is 5.13. The molecule has 1 atom stereocenters. The molecule has 1 fully saturated rings. The van der Waals surface area contributed by atoms with Gasteiger partial charge in [0.1, 0.15) is 11.5 Å². The van der Waals surface area contributed by atoms with Gasteiger partial charge in [0.25, 0.3) is 0 Å². The van der Waals surface area contributed by atoms with Crippen LogP contribution in [-0.4, -0.2) is 42.0 Å². The molecule has 2 heterocycles. The van der Waals surface area contributed by atoms with Crippen LogP contribution in [0, 0.1) is 20.8 Å². The van der Waals surface area contributed by atoms with Crippen LogP contribution < -0.4 is 10.1 Å². The average Bonchev–Trinajstić information content (AvgIpc) is 3.17. The minimum absolute atomic E-state index is 0.0297. The highest BCUT2D eigenvalue weighted by Crippen LogP contribution is 2.32. The smallest absolute Gasteiger partial charge is 0.226 e. The maximum atomic E-state index is 11.2. The largest absolute Gasteiger partial charge is 0.496 e. The minimum atomic E-state index is 0.0297. The maximum Gasteiger partial charge on any atom is 0.226 e. The summed E-state index contributed by atoms with van der Waals surface area (Å²) in [7, 11) is 1.68. The summed E-state index contributed by atoms with van der Waals surface area (Å²) in [4.78, 5) is 18.3. The lowest BCUT2D eigenvalue weighted by molar-refractivity contribution is -0.119. The van der Waals surface area contributed by atoms with Crippen LogP contribution in [-0.2, 0) is 11.3 Å². The number of oxazole rings is 1. The van der Waals surface area contributed by atoms with Crippen LogP contribution in [0.25, 0.3) is 11.5 Å². The molecule has 1 N–H and O–H groups in total. The molecular formula is C20H27N3O3. The molecule has 0 aliphatic carbocycles. The first-order chi connectivity index (χ1) is 12.4. The number of nitrogens with zero attached hydrogens (tertiary/aromatic N) is 2. The summed E-state index contributed by atoms with van der Waals surface area (Å²) in [6.45, 7) is 10.2. The van der Waals surface area contributed by atoms with Gasteiger partial charge >= 0.3 is 0 Å². The van der Waals surface area contributed by atoms with E-state index in [-0.39, 0.29) is 11.9 Å². The number of likely N-dealkylation sites (tertiary alicyclic amines) is 1.